The summed E-state index contributed by atoms with van der Waals surface area (Å²) in [7, 11) is 0. The Morgan fingerprint density at radius 1 is 1.35 bits per heavy atom. The van der Waals surface area contributed by atoms with Crippen molar-refractivity contribution in [3.8, 4) is 0 Å². The second-order valence-electron chi connectivity index (χ2n) is 5.87. The number of urea groups is 1. The largest absolute Gasteiger partial charge is 0.480 e. The molecule has 2 aliphatic rings. The Morgan fingerprint density at radius 2 is 2.00 bits per heavy atom. The van der Waals surface area contributed by atoms with E-state index in [9.17, 15) is 19.5 Å². The Kier molecular flexibility index (Phi) is 4.15. The molecular formula is C13H21N3O4. The molecule has 2 rings (SSSR count). The van der Waals surface area contributed by atoms with Crippen LogP contribution in [0.4, 0.5) is 4.79 Å². The van der Waals surface area contributed by atoms with E-state index in [0.29, 0.717) is 25.3 Å². The number of hydrogen-bond acceptors (Lipinski definition) is 3. The molecular weight excluding hydrogens is 262 g/mol. The lowest BCUT2D eigenvalue weighted by molar-refractivity contribution is -0.146. The van der Waals surface area contributed by atoms with Gasteiger partial charge in [0.05, 0.1) is 6.04 Å². The van der Waals surface area contributed by atoms with Crippen LogP contribution in [0, 0.1) is 5.92 Å². The molecule has 1 heterocycles. The van der Waals surface area contributed by atoms with Gasteiger partial charge in [0, 0.05) is 13.0 Å². The van der Waals surface area contributed by atoms with Gasteiger partial charge in [0.1, 0.15) is 5.54 Å². The van der Waals surface area contributed by atoms with Crippen molar-refractivity contribution >= 4 is 17.9 Å². The Bertz CT molecular complexity index is 416. The lowest BCUT2D eigenvalue weighted by Gasteiger charge is -2.36. The number of carboxylic acids is 1. The predicted octanol–water partition coefficient (Wildman–Crippen LogP) is 0.208. The minimum atomic E-state index is -1.17. The molecule has 0 aromatic rings. The number of carbonyl (C=O) groups excluding carboxylic acids is 2. The highest BCUT2D eigenvalue weighted by Crippen LogP contribution is 2.32. The highest BCUT2D eigenvalue weighted by molar-refractivity contribution is 5.87. The van der Waals surface area contributed by atoms with Gasteiger partial charge in [-0.1, -0.05) is 6.92 Å². The third-order valence-corrected chi connectivity index (χ3v) is 4.20. The second-order valence-corrected chi connectivity index (χ2v) is 5.87. The van der Waals surface area contributed by atoms with E-state index in [2.05, 4.69) is 22.9 Å². The topological polar surface area (TPSA) is 108 Å². The Labute approximate surface area is 117 Å². The Hall–Kier alpha value is -1.79. The summed E-state index contributed by atoms with van der Waals surface area (Å²) in [6, 6.07) is -0.778. The monoisotopic (exact) mass is 283 g/mol. The maximum absolute atomic E-state index is 11.9. The highest BCUT2D eigenvalue weighted by Gasteiger charge is 2.42. The van der Waals surface area contributed by atoms with Crippen molar-refractivity contribution in [2.24, 2.45) is 5.92 Å². The summed E-state index contributed by atoms with van der Waals surface area (Å²) in [4.78, 5) is 34.5. The zero-order valence-electron chi connectivity index (χ0n) is 11.6. The van der Waals surface area contributed by atoms with Crippen LogP contribution in [0.5, 0.6) is 0 Å². The average Bonchev–Trinajstić information content (AvgIpc) is 2.77. The molecule has 1 saturated heterocycles. The number of nitrogens with one attached hydrogen (secondary N) is 3. The summed E-state index contributed by atoms with van der Waals surface area (Å²) in [6.07, 6.45) is 2.70. The van der Waals surface area contributed by atoms with Crippen LogP contribution >= 0.6 is 0 Å². The summed E-state index contributed by atoms with van der Waals surface area (Å²) in [5.41, 5.74) is -1.17. The van der Waals surface area contributed by atoms with Crippen LogP contribution in [-0.4, -0.2) is 41.1 Å². The molecule has 1 saturated carbocycles. The first kappa shape index (κ1) is 14.6. The maximum Gasteiger partial charge on any atom is 0.329 e. The maximum atomic E-state index is 11.9. The van der Waals surface area contributed by atoms with Crippen molar-refractivity contribution in [2.75, 3.05) is 6.54 Å². The van der Waals surface area contributed by atoms with Crippen LogP contribution in [0.1, 0.15) is 39.0 Å². The van der Waals surface area contributed by atoms with E-state index in [1.807, 2.05) is 0 Å². The smallest absolute Gasteiger partial charge is 0.329 e. The lowest BCUT2D eigenvalue weighted by Crippen LogP contribution is -2.59. The normalized spacial score (nSPS) is 33.4. The molecule has 1 unspecified atom stereocenters. The van der Waals surface area contributed by atoms with Gasteiger partial charge in [-0.25, -0.2) is 9.59 Å². The number of carboxylic acid groups (broad SMARTS) is 1. The van der Waals surface area contributed by atoms with E-state index in [1.54, 1.807) is 0 Å². The van der Waals surface area contributed by atoms with Gasteiger partial charge in [-0.3, -0.25) is 4.79 Å². The molecule has 7 heteroatoms. The zero-order chi connectivity index (χ0) is 14.8. The SMILES string of the molecule is CC1CCC(NC(=O)NC2CNC(=O)C2)(C(=O)O)CC1. The second kappa shape index (κ2) is 5.68. The van der Waals surface area contributed by atoms with Crippen molar-refractivity contribution < 1.29 is 19.5 Å². The van der Waals surface area contributed by atoms with Gasteiger partial charge in [0.15, 0.2) is 0 Å². The average molecular weight is 283 g/mol. The van der Waals surface area contributed by atoms with Gasteiger partial charge >= 0.3 is 12.0 Å². The fourth-order valence-corrected chi connectivity index (χ4v) is 2.79. The third kappa shape index (κ3) is 3.20. The van der Waals surface area contributed by atoms with Gasteiger partial charge in [0.2, 0.25) is 5.91 Å². The van der Waals surface area contributed by atoms with Crippen molar-refractivity contribution in [1.82, 2.24) is 16.0 Å². The molecule has 0 radical (unpaired) electrons. The van der Waals surface area contributed by atoms with Crippen LogP contribution < -0.4 is 16.0 Å². The van der Waals surface area contributed by atoms with Crippen LogP contribution in [0.15, 0.2) is 0 Å². The Balaban J connectivity index is 1.93. The lowest BCUT2D eigenvalue weighted by atomic mass is 9.77. The van der Waals surface area contributed by atoms with E-state index in [0.717, 1.165) is 12.8 Å². The van der Waals surface area contributed by atoms with Crippen LogP contribution in [0.2, 0.25) is 0 Å². The van der Waals surface area contributed by atoms with Gasteiger partial charge < -0.3 is 21.1 Å². The Morgan fingerprint density at radius 3 is 2.50 bits per heavy atom. The highest BCUT2D eigenvalue weighted by atomic mass is 16.4. The van der Waals surface area contributed by atoms with Gasteiger partial charge in [-0.15, -0.1) is 0 Å². The van der Waals surface area contributed by atoms with Crippen LogP contribution in [-0.2, 0) is 9.59 Å². The van der Waals surface area contributed by atoms with Gasteiger partial charge in [-0.05, 0) is 31.6 Å². The number of amides is 3. The first-order valence-electron chi connectivity index (χ1n) is 7.00. The van der Waals surface area contributed by atoms with Crippen molar-refractivity contribution in [1.29, 1.82) is 0 Å². The molecule has 0 bridgehead atoms. The first-order valence-corrected chi connectivity index (χ1v) is 7.00. The number of aliphatic carboxylic acids is 1. The van der Waals surface area contributed by atoms with E-state index in [-0.39, 0.29) is 18.4 Å². The molecule has 7 nitrogen and oxygen atoms in total. The van der Waals surface area contributed by atoms with Crippen LogP contribution in [0.25, 0.3) is 0 Å². The minimum Gasteiger partial charge on any atom is -0.480 e. The van der Waals surface area contributed by atoms with E-state index >= 15 is 0 Å². The quantitative estimate of drug-likeness (QED) is 0.593. The molecule has 0 spiro atoms. The molecule has 3 amide bonds. The fraction of sp³-hybridized carbons (Fsp3) is 0.769. The van der Waals surface area contributed by atoms with E-state index < -0.39 is 17.5 Å². The molecule has 1 atom stereocenters. The molecule has 4 N–H and O–H groups in total. The van der Waals surface area contributed by atoms with Crippen LogP contribution in [0.3, 0.4) is 0 Å². The minimum absolute atomic E-state index is 0.102. The standard InChI is InChI=1S/C13H21N3O4/c1-8-2-4-13(5-3-8,11(18)19)16-12(20)15-9-6-10(17)14-7-9/h8-9H,2-7H2,1H3,(H,14,17)(H,18,19)(H2,15,16,20). The zero-order valence-corrected chi connectivity index (χ0v) is 11.6. The van der Waals surface area contributed by atoms with Gasteiger partial charge in [-0.2, -0.15) is 0 Å². The molecule has 112 valence electrons. The number of hydrogen-bond donors (Lipinski definition) is 4. The van der Waals surface area contributed by atoms with Crippen molar-refractivity contribution in [3.63, 3.8) is 0 Å². The molecule has 0 aromatic heterocycles. The van der Waals surface area contributed by atoms with Crippen molar-refractivity contribution in [3.05, 3.63) is 0 Å². The third-order valence-electron chi connectivity index (χ3n) is 4.20. The van der Waals surface area contributed by atoms with E-state index in [1.165, 1.54) is 0 Å². The molecule has 20 heavy (non-hydrogen) atoms. The summed E-state index contributed by atoms with van der Waals surface area (Å²) >= 11 is 0. The predicted molar refractivity (Wildman–Crippen MR) is 71.1 cm³/mol. The van der Waals surface area contributed by atoms with E-state index in [4.69, 9.17) is 0 Å². The summed E-state index contributed by atoms with van der Waals surface area (Å²) in [5, 5.41) is 17.3. The summed E-state index contributed by atoms with van der Waals surface area (Å²) in [5.74, 6) is -0.598. The van der Waals surface area contributed by atoms with Gasteiger partial charge in [0.25, 0.3) is 0 Å². The molecule has 2 fully saturated rings. The number of rotatable bonds is 3. The summed E-state index contributed by atoms with van der Waals surface area (Å²) < 4.78 is 0. The molecule has 1 aliphatic heterocycles. The van der Waals surface area contributed by atoms with Crippen molar-refractivity contribution in [2.45, 2.75) is 50.6 Å². The number of carbonyl (C=O) groups is 3. The fourth-order valence-electron chi connectivity index (χ4n) is 2.79. The molecule has 0 aromatic carbocycles. The molecule has 1 aliphatic carbocycles. The summed E-state index contributed by atoms with van der Waals surface area (Å²) in [6.45, 7) is 2.48. The first-order chi connectivity index (χ1) is 9.41.